The number of hydrogen-bond acceptors (Lipinski definition) is 5. The van der Waals surface area contributed by atoms with Gasteiger partial charge in [0.15, 0.2) is 5.69 Å². The number of benzene rings is 2. The van der Waals surface area contributed by atoms with E-state index in [1.54, 1.807) is 31.2 Å². The molecule has 0 bridgehead atoms. The monoisotopic (exact) mass is 447 g/mol. The summed E-state index contributed by atoms with van der Waals surface area (Å²) in [4.78, 5) is 15.6. The number of ether oxygens (including phenoxy) is 2. The number of hydrogen-bond donors (Lipinski definition) is 0. The van der Waals surface area contributed by atoms with Crippen molar-refractivity contribution < 1.29 is 27.4 Å². The highest BCUT2D eigenvalue weighted by atomic mass is 32.1. The average molecular weight is 447 g/mol. The highest BCUT2D eigenvalue weighted by Crippen LogP contribution is 2.33. The van der Waals surface area contributed by atoms with E-state index < -0.39 is 17.8 Å². The Kier molecular flexibility index (Phi) is 7.46. The van der Waals surface area contributed by atoms with E-state index in [1.165, 1.54) is 6.08 Å². The minimum absolute atomic E-state index is 0.129. The second-order valence-corrected chi connectivity index (χ2v) is 7.41. The first kappa shape index (κ1) is 22.6. The molecule has 162 valence electrons. The van der Waals surface area contributed by atoms with E-state index in [4.69, 9.17) is 9.47 Å². The van der Waals surface area contributed by atoms with E-state index >= 15 is 0 Å². The van der Waals surface area contributed by atoms with Gasteiger partial charge in [-0.3, -0.25) is 0 Å². The molecule has 0 unspecified atom stereocenters. The van der Waals surface area contributed by atoms with Gasteiger partial charge in [0.1, 0.15) is 17.4 Å². The molecule has 4 nitrogen and oxygen atoms in total. The predicted molar refractivity (Wildman–Crippen MR) is 113 cm³/mol. The van der Waals surface area contributed by atoms with Crippen molar-refractivity contribution in [1.29, 1.82) is 0 Å². The van der Waals surface area contributed by atoms with E-state index in [9.17, 15) is 18.0 Å². The zero-order chi connectivity index (χ0) is 22.3. The molecule has 1 heterocycles. The fourth-order valence-corrected chi connectivity index (χ4v) is 3.57. The molecule has 2 aromatic carbocycles. The highest BCUT2D eigenvalue weighted by Gasteiger charge is 2.34. The first-order chi connectivity index (χ1) is 14.8. The Morgan fingerprint density at radius 1 is 1.06 bits per heavy atom. The van der Waals surface area contributed by atoms with Crippen LogP contribution in [0.15, 0.2) is 66.1 Å². The van der Waals surface area contributed by atoms with Crippen LogP contribution in [0.5, 0.6) is 5.75 Å². The highest BCUT2D eigenvalue weighted by molar-refractivity contribution is 7.10. The van der Waals surface area contributed by atoms with Crippen molar-refractivity contribution in [2.24, 2.45) is 0 Å². The Hall–Kier alpha value is -3.13. The zero-order valence-electron chi connectivity index (χ0n) is 16.7. The topological polar surface area (TPSA) is 48.4 Å². The zero-order valence-corrected chi connectivity index (χ0v) is 17.5. The molecular weight excluding hydrogens is 427 g/mol. The number of aromatic nitrogens is 1. The van der Waals surface area contributed by atoms with E-state index in [0.29, 0.717) is 17.9 Å². The molecule has 0 amide bonds. The number of alkyl halides is 3. The van der Waals surface area contributed by atoms with Crippen LogP contribution in [0.4, 0.5) is 13.2 Å². The van der Waals surface area contributed by atoms with Crippen LogP contribution in [0.3, 0.4) is 0 Å². The van der Waals surface area contributed by atoms with Crippen LogP contribution in [0.2, 0.25) is 0 Å². The summed E-state index contributed by atoms with van der Waals surface area (Å²) in [5, 5.41) is 1.07. The molecule has 8 heteroatoms. The lowest BCUT2D eigenvalue weighted by molar-refractivity contribution is -0.140. The smallest absolute Gasteiger partial charge is 0.434 e. The van der Waals surface area contributed by atoms with Gasteiger partial charge in [-0.2, -0.15) is 13.2 Å². The number of esters is 1. The molecule has 31 heavy (non-hydrogen) atoms. The summed E-state index contributed by atoms with van der Waals surface area (Å²) < 4.78 is 49.5. The van der Waals surface area contributed by atoms with E-state index in [2.05, 4.69) is 4.98 Å². The van der Waals surface area contributed by atoms with Gasteiger partial charge < -0.3 is 9.47 Å². The first-order valence-electron chi connectivity index (χ1n) is 9.51. The average Bonchev–Trinajstić information content (AvgIpc) is 3.25. The molecule has 0 saturated carbocycles. The summed E-state index contributed by atoms with van der Waals surface area (Å²) in [5.74, 6) is 0.0428. The minimum Gasteiger partial charge on any atom is -0.489 e. The largest absolute Gasteiger partial charge is 0.489 e. The van der Waals surface area contributed by atoms with Crippen LogP contribution in [0, 0.1) is 0 Å². The molecule has 0 saturated heterocycles. The molecule has 0 atom stereocenters. The minimum atomic E-state index is -4.54. The van der Waals surface area contributed by atoms with Crippen LogP contribution in [-0.4, -0.2) is 17.6 Å². The first-order valence-corrected chi connectivity index (χ1v) is 10.4. The lowest BCUT2D eigenvalue weighted by Gasteiger charge is -2.09. The molecule has 0 aliphatic rings. The third-order valence-electron chi connectivity index (χ3n) is 4.21. The van der Waals surface area contributed by atoms with Gasteiger partial charge in [-0.1, -0.05) is 42.5 Å². The van der Waals surface area contributed by atoms with Crippen LogP contribution < -0.4 is 4.74 Å². The van der Waals surface area contributed by atoms with Gasteiger partial charge in [0, 0.05) is 17.9 Å². The van der Waals surface area contributed by atoms with Gasteiger partial charge in [-0.25, -0.2) is 9.78 Å². The number of nitrogens with zero attached hydrogens (tertiary/aromatic N) is 1. The molecule has 0 radical (unpaired) electrons. The van der Waals surface area contributed by atoms with E-state index in [-0.39, 0.29) is 18.0 Å². The van der Waals surface area contributed by atoms with Crippen LogP contribution in [-0.2, 0) is 28.7 Å². The number of carbonyl (C=O) groups excluding carboxylic acids is 1. The second kappa shape index (κ2) is 10.3. The van der Waals surface area contributed by atoms with Crippen molar-refractivity contribution in [3.63, 3.8) is 0 Å². The number of thiazole rings is 1. The Morgan fingerprint density at radius 2 is 1.77 bits per heavy atom. The summed E-state index contributed by atoms with van der Waals surface area (Å²) >= 11 is 0.841. The van der Waals surface area contributed by atoms with Crippen LogP contribution in [0.25, 0.3) is 5.57 Å². The van der Waals surface area contributed by atoms with Crippen LogP contribution in [0.1, 0.15) is 28.8 Å². The number of rotatable bonds is 8. The molecule has 0 aliphatic heterocycles. The van der Waals surface area contributed by atoms with Crippen molar-refractivity contribution in [2.45, 2.75) is 26.1 Å². The van der Waals surface area contributed by atoms with Gasteiger partial charge in [0.05, 0.1) is 6.61 Å². The fourth-order valence-electron chi connectivity index (χ4n) is 2.73. The fraction of sp³-hybridized carbons (Fsp3) is 0.217. The lowest BCUT2D eigenvalue weighted by Crippen LogP contribution is -2.06. The molecule has 0 aliphatic carbocycles. The molecule has 0 N–H and O–H groups in total. The Morgan fingerprint density at radius 3 is 2.39 bits per heavy atom. The van der Waals surface area contributed by atoms with E-state index in [1.807, 2.05) is 30.3 Å². The third kappa shape index (κ3) is 6.68. The predicted octanol–water partition coefficient (Wildman–Crippen LogP) is 5.93. The Labute approximate surface area is 182 Å². The normalized spacial score (nSPS) is 11.9. The van der Waals surface area contributed by atoms with Gasteiger partial charge in [0.25, 0.3) is 0 Å². The van der Waals surface area contributed by atoms with Crippen molar-refractivity contribution in [1.82, 2.24) is 4.98 Å². The molecular formula is C23H20F3NO3S. The van der Waals surface area contributed by atoms with Crippen molar-refractivity contribution in [3.05, 3.63) is 87.9 Å². The molecule has 3 rings (SSSR count). The quantitative estimate of drug-likeness (QED) is 0.317. The summed E-state index contributed by atoms with van der Waals surface area (Å²) in [6.45, 7) is 2.25. The molecule has 0 fully saturated rings. The maximum absolute atomic E-state index is 12.9. The Balaban J connectivity index is 1.74. The molecule has 0 spiro atoms. The summed E-state index contributed by atoms with van der Waals surface area (Å²) in [5.41, 5.74) is 1.21. The summed E-state index contributed by atoms with van der Waals surface area (Å²) in [7, 11) is 0. The molecule has 1 aromatic heterocycles. The van der Waals surface area contributed by atoms with Crippen molar-refractivity contribution in [2.75, 3.05) is 6.61 Å². The maximum atomic E-state index is 12.9. The van der Waals surface area contributed by atoms with Gasteiger partial charge in [-0.05, 0) is 35.8 Å². The van der Waals surface area contributed by atoms with Crippen molar-refractivity contribution in [3.8, 4) is 5.75 Å². The summed E-state index contributed by atoms with van der Waals surface area (Å²) in [6.07, 6.45) is -3.12. The van der Waals surface area contributed by atoms with Gasteiger partial charge in [0.2, 0.25) is 0 Å². The van der Waals surface area contributed by atoms with Crippen LogP contribution >= 0.6 is 11.3 Å². The summed E-state index contributed by atoms with van der Waals surface area (Å²) in [6, 6.07) is 16.9. The third-order valence-corrected chi connectivity index (χ3v) is 5.13. The van der Waals surface area contributed by atoms with Crippen molar-refractivity contribution >= 4 is 22.9 Å². The molecule has 3 aromatic rings. The standard InChI is InChI=1S/C23H20F3NO3S/c1-2-29-21(28)13-18(22-27-20(15-31-22)23(24,25)26)12-16-8-10-19(11-9-16)30-14-17-6-4-3-5-7-17/h3-11,13,15H,2,12,14H2,1H3/b18-13-. The SMILES string of the molecule is CCOC(=O)/C=C(/Cc1ccc(OCc2ccccc2)cc1)c1nc(C(F)(F)F)cs1. The Bertz CT molecular complexity index is 1030. The number of allylic oxidation sites excluding steroid dienone is 1. The number of halogens is 3. The number of carbonyl (C=O) groups is 1. The maximum Gasteiger partial charge on any atom is 0.434 e. The lowest BCUT2D eigenvalue weighted by atomic mass is 10.0. The second-order valence-electron chi connectivity index (χ2n) is 6.55. The van der Waals surface area contributed by atoms with Gasteiger partial charge >= 0.3 is 12.1 Å². The van der Waals surface area contributed by atoms with Gasteiger partial charge in [-0.15, -0.1) is 11.3 Å². The van der Waals surface area contributed by atoms with E-state index in [0.717, 1.165) is 27.8 Å².